The number of carbonyl (C=O) groups is 1. The molecule has 5 heteroatoms. The first-order valence-electron chi connectivity index (χ1n) is 6.03. The van der Waals surface area contributed by atoms with Crippen LogP contribution in [-0.4, -0.2) is 48.3 Å². The zero-order valence-corrected chi connectivity index (χ0v) is 10.7. The van der Waals surface area contributed by atoms with Crippen LogP contribution in [0.5, 0.6) is 0 Å². The fraction of sp³-hybridized carbons (Fsp3) is 0.538. The average Bonchev–Trinajstić information content (AvgIpc) is 2.38. The summed E-state index contributed by atoms with van der Waals surface area (Å²) in [5.41, 5.74) is 1.13. The second-order valence-electron chi connectivity index (χ2n) is 4.51. The van der Waals surface area contributed by atoms with Crippen molar-refractivity contribution < 1.29 is 14.3 Å². The second kappa shape index (κ2) is 5.93. The molecule has 1 aliphatic rings. The number of hydrogen-bond donors (Lipinski definition) is 0. The van der Waals surface area contributed by atoms with Crippen LogP contribution in [-0.2, 0) is 20.8 Å². The maximum absolute atomic E-state index is 11.5. The molecule has 18 heavy (non-hydrogen) atoms. The number of nitrogens with zero attached hydrogens (tertiary/aromatic N) is 2. The SMILES string of the molecule is COC(=O)C1CN(Cc2cccnc2)C[C@@H](C)O1. The Morgan fingerprint density at radius 3 is 3.11 bits per heavy atom. The summed E-state index contributed by atoms with van der Waals surface area (Å²) in [6, 6.07) is 3.94. The highest BCUT2D eigenvalue weighted by atomic mass is 16.6. The molecular weight excluding hydrogens is 232 g/mol. The number of esters is 1. The summed E-state index contributed by atoms with van der Waals surface area (Å²) < 4.78 is 10.3. The standard InChI is InChI=1S/C13H18N2O3/c1-10-7-15(8-11-4-3-5-14-6-11)9-12(18-10)13(16)17-2/h3-6,10,12H,7-9H2,1-2H3/t10-,12?/m1/s1. The van der Waals surface area contributed by atoms with E-state index in [1.807, 2.05) is 25.3 Å². The largest absolute Gasteiger partial charge is 0.467 e. The third kappa shape index (κ3) is 3.27. The molecule has 0 radical (unpaired) electrons. The van der Waals surface area contributed by atoms with Crippen molar-refractivity contribution in [3.05, 3.63) is 30.1 Å². The first-order chi connectivity index (χ1) is 8.69. The third-order valence-electron chi connectivity index (χ3n) is 2.93. The summed E-state index contributed by atoms with van der Waals surface area (Å²) in [4.78, 5) is 17.8. The van der Waals surface area contributed by atoms with Crippen molar-refractivity contribution in [1.82, 2.24) is 9.88 Å². The Morgan fingerprint density at radius 2 is 2.44 bits per heavy atom. The number of ether oxygens (including phenoxy) is 2. The Kier molecular flexibility index (Phi) is 4.28. The number of pyridine rings is 1. The average molecular weight is 250 g/mol. The summed E-state index contributed by atoms with van der Waals surface area (Å²) in [7, 11) is 1.39. The van der Waals surface area contributed by atoms with E-state index < -0.39 is 6.10 Å². The topological polar surface area (TPSA) is 51.7 Å². The number of aromatic nitrogens is 1. The molecule has 0 bridgehead atoms. The fourth-order valence-corrected chi connectivity index (χ4v) is 2.18. The van der Waals surface area contributed by atoms with E-state index in [1.54, 1.807) is 6.20 Å². The van der Waals surface area contributed by atoms with E-state index >= 15 is 0 Å². The number of hydrogen-bond acceptors (Lipinski definition) is 5. The van der Waals surface area contributed by atoms with Gasteiger partial charge in [-0.2, -0.15) is 0 Å². The Hall–Kier alpha value is -1.46. The molecule has 0 aliphatic carbocycles. The molecule has 5 nitrogen and oxygen atoms in total. The molecule has 2 heterocycles. The van der Waals surface area contributed by atoms with E-state index in [0.717, 1.165) is 18.7 Å². The van der Waals surface area contributed by atoms with Crippen LogP contribution in [0.15, 0.2) is 24.5 Å². The van der Waals surface area contributed by atoms with Gasteiger partial charge in [0.1, 0.15) is 0 Å². The summed E-state index contributed by atoms with van der Waals surface area (Å²) in [6.07, 6.45) is 3.13. The van der Waals surface area contributed by atoms with E-state index in [4.69, 9.17) is 9.47 Å². The molecule has 0 saturated carbocycles. The normalized spacial score (nSPS) is 24.8. The van der Waals surface area contributed by atoms with Gasteiger partial charge in [0.15, 0.2) is 6.10 Å². The van der Waals surface area contributed by atoms with Gasteiger partial charge in [-0.1, -0.05) is 6.07 Å². The summed E-state index contributed by atoms with van der Waals surface area (Å²) in [5.74, 6) is -0.308. The van der Waals surface area contributed by atoms with Gasteiger partial charge in [0.2, 0.25) is 0 Å². The lowest BCUT2D eigenvalue weighted by Gasteiger charge is -2.35. The van der Waals surface area contributed by atoms with E-state index in [1.165, 1.54) is 7.11 Å². The highest BCUT2D eigenvalue weighted by molar-refractivity contribution is 5.74. The zero-order chi connectivity index (χ0) is 13.0. The molecule has 2 rings (SSSR count). The number of morpholine rings is 1. The van der Waals surface area contributed by atoms with E-state index in [0.29, 0.717) is 6.54 Å². The van der Waals surface area contributed by atoms with E-state index in [-0.39, 0.29) is 12.1 Å². The van der Waals surface area contributed by atoms with Crippen molar-refractivity contribution in [2.75, 3.05) is 20.2 Å². The minimum Gasteiger partial charge on any atom is -0.467 e. The Bertz CT molecular complexity index is 396. The molecule has 0 N–H and O–H groups in total. The third-order valence-corrected chi connectivity index (χ3v) is 2.93. The molecule has 1 aromatic heterocycles. The Labute approximate surface area is 107 Å². The maximum atomic E-state index is 11.5. The van der Waals surface area contributed by atoms with Crippen molar-refractivity contribution in [2.24, 2.45) is 0 Å². The quantitative estimate of drug-likeness (QED) is 0.744. The van der Waals surface area contributed by atoms with Gasteiger partial charge in [-0.25, -0.2) is 4.79 Å². The van der Waals surface area contributed by atoms with Crippen molar-refractivity contribution in [2.45, 2.75) is 25.7 Å². The van der Waals surface area contributed by atoms with Crippen molar-refractivity contribution >= 4 is 5.97 Å². The molecule has 1 fully saturated rings. The van der Waals surface area contributed by atoms with Crippen LogP contribution in [0.4, 0.5) is 0 Å². The molecule has 1 aromatic rings. The first kappa shape index (κ1) is 13.0. The molecule has 0 aromatic carbocycles. The number of rotatable bonds is 3. The van der Waals surface area contributed by atoms with Gasteiger partial charge in [-0.05, 0) is 18.6 Å². The van der Waals surface area contributed by atoms with E-state index in [9.17, 15) is 4.79 Å². The van der Waals surface area contributed by atoms with Crippen LogP contribution >= 0.6 is 0 Å². The molecular formula is C13H18N2O3. The molecule has 1 aliphatic heterocycles. The van der Waals surface area contributed by atoms with Gasteiger partial charge in [-0.15, -0.1) is 0 Å². The predicted octanol–water partition coefficient (Wildman–Crippen LogP) is 0.844. The van der Waals surface area contributed by atoms with Crippen LogP contribution in [0, 0.1) is 0 Å². The van der Waals surface area contributed by atoms with Crippen LogP contribution in [0.25, 0.3) is 0 Å². The lowest BCUT2D eigenvalue weighted by Crippen LogP contribution is -2.49. The van der Waals surface area contributed by atoms with Gasteiger partial charge in [0, 0.05) is 32.0 Å². The van der Waals surface area contributed by atoms with Gasteiger partial charge >= 0.3 is 5.97 Å². The lowest BCUT2D eigenvalue weighted by atomic mass is 10.2. The summed E-state index contributed by atoms with van der Waals surface area (Å²) in [5, 5.41) is 0. The predicted molar refractivity (Wildman–Crippen MR) is 65.9 cm³/mol. The molecule has 2 atom stereocenters. The Balaban J connectivity index is 1.98. The van der Waals surface area contributed by atoms with Gasteiger partial charge in [0.25, 0.3) is 0 Å². The first-order valence-corrected chi connectivity index (χ1v) is 6.03. The highest BCUT2D eigenvalue weighted by Gasteiger charge is 2.30. The minimum absolute atomic E-state index is 0.0273. The van der Waals surface area contributed by atoms with E-state index in [2.05, 4.69) is 9.88 Å². The number of methoxy groups -OCH3 is 1. The molecule has 1 saturated heterocycles. The highest BCUT2D eigenvalue weighted by Crippen LogP contribution is 2.14. The van der Waals surface area contributed by atoms with Gasteiger partial charge < -0.3 is 9.47 Å². The van der Waals surface area contributed by atoms with Crippen LogP contribution in [0.1, 0.15) is 12.5 Å². The van der Waals surface area contributed by atoms with Crippen molar-refractivity contribution in [1.29, 1.82) is 0 Å². The molecule has 0 spiro atoms. The zero-order valence-electron chi connectivity index (χ0n) is 10.7. The smallest absolute Gasteiger partial charge is 0.336 e. The second-order valence-corrected chi connectivity index (χ2v) is 4.51. The minimum atomic E-state index is -0.490. The van der Waals surface area contributed by atoms with Crippen LogP contribution in [0.3, 0.4) is 0 Å². The van der Waals surface area contributed by atoms with Crippen molar-refractivity contribution in [3.8, 4) is 0 Å². The monoisotopic (exact) mass is 250 g/mol. The Morgan fingerprint density at radius 1 is 1.61 bits per heavy atom. The summed E-state index contributed by atoms with van der Waals surface area (Å²) in [6.45, 7) is 4.11. The van der Waals surface area contributed by atoms with Crippen LogP contribution in [0.2, 0.25) is 0 Å². The van der Waals surface area contributed by atoms with Crippen molar-refractivity contribution in [3.63, 3.8) is 0 Å². The van der Waals surface area contributed by atoms with Gasteiger partial charge in [0.05, 0.1) is 13.2 Å². The fourth-order valence-electron chi connectivity index (χ4n) is 2.18. The van der Waals surface area contributed by atoms with Crippen LogP contribution < -0.4 is 0 Å². The molecule has 98 valence electrons. The molecule has 1 unspecified atom stereocenters. The lowest BCUT2D eigenvalue weighted by molar-refractivity contribution is -0.166. The number of carbonyl (C=O) groups excluding carboxylic acids is 1. The maximum Gasteiger partial charge on any atom is 0.336 e. The summed E-state index contributed by atoms with van der Waals surface area (Å²) >= 11 is 0. The van der Waals surface area contributed by atoms with Gasteiger partial charge in [-0.3, -0.25) is 9.88 Å². The molecule has 0 amide bonds.